The molecule has 168 valence electrons. The van der Waals surface area contributed by atoms with Crippen molar-refractivity contribution in [3.8, 4) is 0 Å². The van der Waals surface area contributed by atoms with Crippen LogP contribution in [0, 0.1) is 0 Å². The van der Waals surface area contributed by atoms with E-state index in [0.717, 1.165) is 19.4 Å². The van der Waals surface area contributed by atoms with E-state index < -0.39 is 6.03 Å². The third-order valence-corrected chi connectivity index (χ3v) is 5.63. The second kappa shape index (κ2) is 24.3. The average molecular weight is 399 g/mol. The molecule has 4 heteroatoms. The summed E-state index contributed by atoms with van der Waals surface area (Å²) in [5.74, 6) is 0. The van der Waals surface area contributed by atoms with Crippen molar-refractivity contribution >= 4 is 6.03 Å². The lowest BCUT2D eigenvalue weighted by Crippen LogP contribution is -2.29. The molecule has 0 fully saturated rings. The van der Waals surface area contributed by atoms with Crippen molar-refractivity contribution in [1.82, 2.24) is 5.32 Å². The topological polar surface area (TPSA) is 75.4 Å². The molecule has 4 N–H and O–H groups in total. The van der Waals surface area contributed by atoms with Gasteiger partial charge < -0.3 is 16.2 Å². The fourth-order valence-corrected chi connectivity index (χ4v) is 3.81. The molecule has 0 saturated heterocycles. The highest BCUT2D eigenvalue weighted by molar-refractivity contribution is 5.71. The van der Waals surface area contributed by atoms with E-state index in [1.54, 1.807) is 0 Å². The minimum absolute atomic E-state index is 0.361. The Morgan fingerprint density at radius 1 is 0.500 bits per heavy atom. The van der Waals surface area contributed by atoms with Crippen LogP contribution in [0.1, 0.15) is 135 Å². The number of urea groups is 1. The summed E-state index contributed by atoms with van der Waals surface area (Å²) in [5.41, 5.74) is 5.03. The molecule has 0 aromatic rings. The molecule has 0 bridgehead atoms. The van der Waals surface area contributed by atoms with Crippen LogP contribution in [0.5, 0.6) is 0 Å². The standard InChI is InChI=1S/C24H50N2O2/c25-24(28)26-22-20-18-16-14-12-10-8-6-4-2-1-3-5-7-9-11-13-15-17-19-21-23-27/h27H,1-23H2,(H3,25,26,28). The van der Waals surface area contributed by atoms with Crippen molar-refractivity contribution in [3.05, 3.63) is 0 Å². The molecule has 0 saturated carbocycles. The number of primary amides is 1. The molecule has 0 aromatic heterocycles. The predicted octanol–water partition coefficient (Wildman–Crippen LogP) is 6.84. The summed E-state index contributed by atoms with van der Waals surface area (Å²) in [6.45, 7) is 1.08. The Bertz CT molecular complexity index is 311. The highest BCUT2D eigenvalue weighted by atomic mass is 16.2. The van der Waals surface area contributed by atoms with Crippen molar-refractivity contribution < 1.29 is 9.90 Å². The van der Waals surface area contributed by atoms with Crippen molar-refractivity contribution in [3.63, 3.8) is 0 Å². The molecule has 0 rings (SSSR count). The minimum atomic E-state index is -0.405. The Hall–Kier alpha value is -0.770. The maximum atomic E-state index is 10.5. The van der Waals surface area contributed by atoms with Crippen LogP contribution in [0.15, 0.2) is 0 Å². The first-order chi connectivity index (χ1) is 13.8. The molecule has 4 nitrogen and oxygen atoms in total. The number of nitrogens with one attached hydrogen (secondary N) is 1. The van der Waals surface area contributed by atoms with Gasteiger partial charge in [-0.15, -0.1) is 0 Å². The van der Waals surface area contributed by atoms with Gasteiger partial charge in [0.25, 0.3) is 0 Å². The normalized spacial score (nSPS) is 11.0. The van der Waals surface area contributed by atoms with E-state index in [4.69, 9.17) is 10.8 Å². The molecular weight excluding hydrogens is 348 g/mol. The number of aliphatic hydroxyl groups is 1. The summed E-state index contributed by atoms with van der Waals surface area (Å²) >= 11 is 0. The molecule has 28 heavy (non-hydrogen) atoms. The lowest BCUT2D eigenvalue weighted by atomic mass is 10.0. The predicted molar refractivity (Wildman–Crippen MR) is 122 cm³/mol. The second-order valence-corrected chi connectivity index (χ2v) is 8.44. The van der Waals surface area contributed by atoms with Crippen LogP contribution >= 0.6 is 0 Å². The van der Waals surface area contributed by atoms with Gasteiger partial charge in [-0.25, -0.2) is 4.79 Å². The van der Waals surface area contributed by atoms with Gasteiger partial charge in [0.15, 0.2) is 0 Å². The molecule has 0 aliphatic rings. The third kappa shape index (κ3) is 25.2. The van der Waals surface area contributed by atoms with Gasteiger partial charge in [-0.05, 0) is 12.8 Å². The Morgan fingerprint density at radius 2 is 0.750 bits per heavy atom. The summed E-state index contributed by atoms with van der Waals surface area (Å²) in [4.78, 5) is 10.5. The van der Waals surface area contributed by atoms with Gasteiger partial charge in [0, 0.05) is 13.2 Å². The lowest BCUT2D eigenvalue weighted by Gasteiger charge is -2.04. The first-order valence-corrected chi connectivity index (χ1v) is 12.4. The summed E-state index contributed by atoms with van der Waals surface area (Å²) in [5, 5.41) is 11.4. The number of amides is 2. The lowest BCUT2D eigenvalue weighted by molar-refractivity contribution is 0.248. The van der Waals surface area contributed by atoms with Crippen LogP contribution in [0.3, 0.4) is 0 Å². The third-order valence-electron chi connectivity index (χ3n) is 5.63. The first kappa shape index (κ1) is 27.2. The average Bonchev–Trinajstić information content (AvgIpc) is 2.68. The summed E-state index contributed by atoms with van der Waals surface area (Å²) in [7, 11) is 0. The van der Waals surface area contributed by atoms with Gasteiger partial charge in [0.1, 0.15) is 0 Å². The molecule has 0 heterocycles. The van der Waals surface area contributed by atoms with Gasteiger partial charge >= 0.3 is 6.03 Å². The molecule has 0 aliphatic heterocycles. The second-order valence-electron chi connectivity index (χ2n) is 8.44. The first-order valence-electron chi connectivity index (χ1n) is 12.4. The number of carbonyl (C=O) groups is 1. The Balaban J connectivity index is 2.99. The van der Waals surface area contributed by atoms with Crippen LogP contribution in [0.4, 0.5) is 4.79 Å². The highest BCUT2D eigenvalue weighted by Crippen LogP contribution is 2.14. The van der Waals surface area contributed by atoms with Crippen molar-refractivity contribution in [2.24, 2.45) is 5.73 Å². The van der Waals surface area contributed by atoms with Crippen LogP contribution < -0.4 is 11.1 Å². The van der Waals surface area contributed by atoms with Gasteiger partial charge in [0.05, 0.1) is 0 Å². The Morgan fingerprint density at radius 3 is 1.00 bits per heavy atom. The number of carbonyl (C=O) groups excluding carboxylic acids is 1. The van der Waals surface area contributed by atoms with Crippen LogP contribution in [0.2, 0.25) is 0 Å². The van der Waals surface area contributed by atoms with Gasteiger partial charge in [-0.3, -0.25) is 0 Å². The fraction of sp³-hybridized carbons (Fsp3) is 0.958. The van der Waals surface area contributed by atoms with Gasteiger partial charge in [-0.1, -0.05) is 122 Å². The van der Waals surface area contributed by atoms with E-state index in [1.807, 2.05) is 0 Å². The molecule has 0 atom stereocenters. The fourth-order valence-electron chi connectivity index (χ4n) is 3.81. The number of hydrogen-bond acceptors (Lipinski definition) is 2. The number of aliphatic hydroxyl groups excluding tert-OH is 1. The number of rotatable bonds is 23. The van der Waals surface area contributed by atoms with Crippen LogP contribution in [-0.2, 0) is 0 Å². The molecular formula is C24H50N2O2. The zero-order chi connectivity index (χ0) is 20.5. The number of nitrogens with two attached hydrogens (primary N) is 1. The summed E-state index contributed by atoms with van der Waals surface area (Å²) < 4.78 is 0. The van der Waals surface area contributed by atoms with E-state index in [-0.39, 0.29) is 0 Å². The van der Waals surface area contributed by atoms with Gasteiger partial charge in [-0.2, -0.15) is 0 Å². The largest absolute Gasteiger partial charge is 0.396 e. The summed E-state index contributed by atoms with van der Waals surface area (Å²) in [6, 6.07) is -0.405. The monoisotopic (exact) mass is 398 g/mol. The van der Waals surface area contributed by atoms with Crippen LogP contribution in [0.25, 0.3) is 0 Å². The van der Waals surface area contributed by atoms with E-state index >= 15 is 0 Å². The molecule has 2 amide bonds. The van der Waals surface area contributed by atoms with Crippen molar-refractivity contribution in [1.29, 1.82) is 0 Å². The molecule has 0 spiro atoms. The van der Waals surface area contributed by atoms with E-state index in [9.17, 15) is 4.79 Å². The molecule has 0 radical (unpaired) electrons. The number of hydrogen-bond donors (Lipinski definition) is 3. The smallest absolute Gasteiger partial charge is 0.312 e. The molecule has 0 unspecified atom stereocenters. The zero-order valence-corrected chi connectivity index (χ0v) is 18.7. The van der Waals surface area contributed by atoms with Gasteiger partial charge in [0.2, 0.25) is 0 Å². The Kier molecular flexibility index (Phi) is 23.6. The molecule has 0 aromatic carbocycles. The zero-order valence-electron chi connectivity index (χ0n) is 18.7. The van der Waals surface area contributed by atoms with E-state index in [2.05, 4.69) is 5.32 Å². The number of unbranched alkanes of at least 4 members (excludes halogenated alkanes) is 20. The summed E-state index contributed by atoms with van der Waals surface area (Å²) in [6.07, 6.45) is 28.1. The molecule has 0 aliphatic carbocycles. The van der Waals surface area contributed by atoms with Crippen molar-refractivity contribution in [2.75, 3.05) is 13.2 Å². The van der Waals surface area contributed by atoms with Crippen molar-refractivity contribution in [2.45, 2.75) is 135 Å². The maximum Gasteiger partial charge on any atom is 0.312 e. The maximum absolute atomic E-state index is 10.5. The SMILES string of the molecule is NC(=O)NCCCCCCCCCCCCCCCCCCCCCCCO. The quantitative estimate of drug-likeness (QED) is 0.165. The van der Waals surface area contributed by atoms with E-state index in [0.29, 0.717) is 6.61 Å². The Labute approximate surface area is 175 Å². The highest BCUT2D eigenvalue weighted by Gasteiger charge is 1.96. The minimum Gasteiger partial charge on any atom is -0.396 e. The van der Waals surface area contributed by atoms with E-state index in [1.165, 1.54) is 122 Å². The van der Waals surface area contributed by atoms with Crippen LogP contribution in [-0.4, -0.2) is 24.3 Å².